The Morgan fingerprint density at radius 1 is 1.03 bits per heavy atom. The summed E-state index contributed by atoms with van der Waals surface area (Å²) in [5.41, 5.74) is 0.0745. The van der Waals surface area contributed by atoms with Crippen LogP contribution < -0.4 is 4.90 Å². The number of hydrogen-bond acceptors (Lipinski definition) is 5. The van der Waals surface area contributed by atoms with E-state index < -0.39 is 28.4 Å². The number of anilines is 1. The SMILES string of the molecule is CN(C(=O)OC(C)(C)C)c1ccc2c(Sc3ccccc3[N+](=O)[O-])cn(Cc3cccc(C(F)(F)F)c3)c2c1. The number of rotatable bonds is 6. The standard InChI is InChI=1S/C28H26F3N3O4S/c1-27(2,3)38-26(35)32(4)20-12-13-21-23(15-20)33(16-18-8-7-9-19(14-18)28(29,30)31)17-25(21)39-24-11-6-5-10-22(24)34(36)37/h5-15,17H,16H2,1-4H3. The van der Waals surface area contributed by atoms with E-state index in [1.165, 1.54) is 28.8 Å². The largest absolute Gasteiger partial charge is 0.443 e. The summed E-state index contributed by atoms with van der Waals surface area (Å²) in [7, 11) is 1.57. The fraction of sp³-hybridized carbons (Fsp3) is 0.250. The first-order valence-corrected chi connectivity index (χ1v) is 12.7. The van der Waals surface area contributed by atoms with Gasteiger partial charge in [0.15, 0.2) is 0 Å². The number of aromatic nitrogens is 1. The average molecular weight is 558 g/mol. The molecule has 0 radical (unpaired) electrons. The molecule has 11 heteroatoms. The van der Waals surface area contributed by atoms with Gasteiger partial charge in [-0.3, -0.25) is 15.0 Å². The maximum atomic E-state index is 13.3. The van der Waals surface area contributed by atoms with Gasteiger partial charge in [-0.15, -0.1) is 0 Å². The van der Waals surface area contributed by atoms with Crippen molar-refractivity contribution in [2.75, 3.05) is 11.9 Å². The van der Waals surface area contributed by atoms with Gasteiger partial charge in [0.2, 0.25) is 0 Å². The Labute approximate surface area is 227 Å². The van der Waals surface area contributed by atoms with E-state index in [1.807, 2.05) is 0 Å². The van der Waals surface area contributed by atoms with Gasteiger partial charge in [-0.2, -0.15) is 13.2 Å². The fourth-order valence-electron chi connectivity index (χ4n) is 3.96. The molecule has 0 spiro atoms. The highest BCUT2D eigenvalue weighted by Gasteiger charge is 2.30. The molecule has 0 saturated carbocycles. The van der Waals surface area contributed by atoms with Crippen LogP contribution in [0.2, 0.25) is 0 Å². The van der Waals surface area contributed by atoms with Crippen LogP contribution in [0.1, 0.15) is 31.9 Å². The van der Waals surface area contributed by atoms with Gasteiger partial charge in [0.25, 0.3) is 5.69 Å². The minimum Gasteiger partial charge on any atom is -0.443 e. The number of carbonyl (C=O) groups excluding carboxylic acids is 1. The molecule has 7 nitrogen and oxygen atoms in total. The van der Waals surface area contributed by atoms with Crippen LogP contribution in [0.5, 0.6) is 0 Å². The number of benzene rings is 3. The number of ether oxygens (including phenoxy) is 1. The number of fused-ring (bicyclic) bond motifs is 1. The third kappa shape index (κ3) is 6.54. The van der Waals surface area contributed by atoms with Crippen LogP contribution in [0.25, 0.3) is 10.9 Å². The Hall–Kier alpha value is -3.99. The van der Waals surface area contributed by atoms with Gasteiger partial charge < -0.3 is 9.30 Å². The molecule has 0 atom stereocenters. The maximum Gasteiger partial charge on any atom is 0.416 e. The molecule has 0 aliphatic heterocycles. The zero-order valence-corrected chi connectivity index (χ0v) is 22.5. The third-order valence-electron chi connectivity index (χ3n) is 5.77. The van der Waals surface area contributed by atoms with E-state index in [4.69, 9.17) is 4.74 Å². The Balaban J connectivity index is 1.80. The number of carbonyl (C=O) groups is 1. The van der Waals surface area contributed by atoms with Crippen molar-refractivity contribution >= 4 is 40.1 Å². The molecule has 0 saturated heterocycles. The second-order valence-electron chi connectivity index (χ2n) is 9.89. The molecule has 4 aromatic rings. The van der Waals surface area contributed by atoms with Gasteiger partial charge in [-0.1, -0.05) is 36.0 Å². The lowest BCUT2D eigenvalue weighted by atomic mass is 10.1. The van der Waals surface area contributed by atoms with E-state index in [1.54, 1.807) is 81.0 Å². The van der Waals surface area contributed by atoms with Crippen molar-refractivity contribution < 1.29 is 27.6 Å². The third-order valence-corrected chi connectivity index (χ3v) is 6.88. The predicted octanol–water partition coefficient (Wildman–Crippen LogP) is 8.14. The fourth-order valence-corrected chi connectivity index (χ4v) is 5.05. The molecule has 39 heavy (non-hydrogen) atoms. The van der Waals surface area contributed by atoms with Crippen molar-refractivity contribution in [2.24, 2.45) is 0 Å². The summed E-state index contributed by atoms with van der Waals surface area (Å²) in [5, 5.41) is 12.3. The molecular formula is C28H26F3N3O4S. The molecule has 3 aromatic carbocycles. The second-order valence-corrected chi connectivity index (χ2v) is 11.0. The minimum atomic E-state index is -4.48. The Kier molecular flexibility index (Phi) is 7.65. The van der Waals surface area contributed by atoms with Gasteiger partial charge in [0.1, 0.15) is 5.60 Å². The van der Waals surface area contributed by atoms with Crippen LogP contribution in [0.4, 0.5) is 29.3 Å². The highest BCUT2D eigenvalue weighted by molar-refractivity contribution is 7.99. The highest BCUT2D eigenvalue weighted by Crippen LogP contribution is 2.40. The smallest absolute Gasteiger partial charge is 0.416 e. The quantitative estimate of drug-likeness (QED) is 0.177. The summed E-state index contributed by atoms with van der Waals surface area (Å²) in [6.45, 7) is 5.38. The number of hydrogen-bond donors (Lipinski definition) is 0. The summed E-state index contributed by atoms with van der Waals surface area (Å²) in [6.07, 6.45) is -3.29. The van der Waals surface area contributed by atoms with Gasteiger partial charge in [0.05, 0.1) is 20.9 Å². The molecule has 1 heterocycles. The van der Waals surface area contributed by atoms with E-state index >= 15 is 0 Å². The van der Waals surface area contributed by atoms with Crippen molar-refractivity contribution in [1.82, 2.24) is 4.57 Å². The lowest BCUT2D eigenvalue weighted by Crippen LogP contribution is -2.34. The van der Waals surface area contributed by atoms with E-state index in [-0.39, 0.29) is 12.2 Å². The van der Waals surface area contributed by atoms with E-state index in [2.05, 4.69) is 0 Å². The highest BCUT2D eigenvalue weighted by atomic mass is 32.2. The number of alkyl halides is 3. The monoisotopic (exact) mass is 557 g/mol. The second kappa shape index (κ2) is 10.6. The number of halogens is 3. The van der Waals surface area contributed by atoms with Gasteiger partial charge in [-0.05, 0) is 62.7 Å². The van der Waals surface area contributed by atoms with E-state index in [0.717, 1.165) is 17.5 Å². The van der Waals surface area contributed by atoms with Crippen LogP contribution in [-0.2, 0) is 17.5 Å². The number of nitro benzene ring substituents is 1. The number of amides is 1. The first kappa shape index (κ1) is 28.0. The summed E-state index contributed by atoms with van der Waals surface area (Å²) in [5.74, 6) is 0. The molecule has 0 bridgehead atoms. The van der Waals surface area contributed by atoms with Crippen LogP contribution in [-0.4, -0.2) is 28.2 Å². The van der Waals surface area contributed by atoms with Crippen LogP contribution in [0.15, 0.2) is 82.7 Å². The van der Waals surface area contributed by atoms with Gasteiger partial charge in [0, 0.05) is 41.8 Å². The summed E-state index contributed by atoms with van der Waals surface area (Å²) in [6, 6.07) is 16.7. The molecular weight excluding hydrogens is 531 g/mol. The summed E-state index contributed by atoms with van der Waals surface area (Å²) >= 11 is 1.19. The summed E-state index contributed by atoms with van der Waals surface area (Å²) in [4.78, 5) is 26.2. The molecule has 1 aromatic heterocycles. The number of nitro groups is 1. The zero-order chi connectivity index (χ0) is 28.5. The van der Waals surface area contributed by atoms with Crippen LogP contribution in [0, 0.1) is 10.1 Å². The molecule has 0 aliphatic rings. The van der Waals surface area contributed by atoms with Crippen molar-refractivity contribution in [1.29, 1.82) is 0 Å². The van der Waals surface area contributed by atoms with Crippen LogP contribution in [0.3, 0.4) is 0 Å². The Morgan fingerprint density at radius 2 is 1.74 bits per heavy atom. The van der Waals surface area contributed by atoms with Gasteiger partial charge >= 0.3 is 12.3 Å². The van der Waals surface area contributed by atoms with Gasteiger partial charge in [-0.25, -0.2) is 4.79 Å². The molecule has 4 rings (SSSR count). The molecule has 1 amide bonds. The van der Waals surface area contributed by atoms with Crippen molar-refractivity contribution in [3.8, 4) is 0 Å². The number of para-hydroxylation sites is 1. The van der Waals surface area contributed by atoms with E-state index in [0.29, 0.717) is 26.6 Å². The molecule has 0 fully saturated rings. The zero-order valence-electron chi connectivity index (χ0n) is 21.7. The molecule has 204 valence electrons. The lowest BCUT2D eigenvalue weighted by molar-refractivity contribution is -0.387. The summed E-state index contributed by atoms with van der Waals surface area (Å²) < 4.78 is 47.2. The normalized spacial score (nSPS) is 12.0. The van der Waals surface area contributed by atoms with Crippen LogP contribution >= 0.6 is 11.8 Å². The minimum absolute atomic E-state index is 0.0532. The predicted molar refractivity (Wildman–Crippen MR) is 144 cm³/mol. The van der Waals surface area contributed by atoms with Crippen molar-refractivity contribution in [3.63, 3.8) is 0 Å². The lowest BCUT2D eigenvalue weighted by Gasteiger charge is -2.24. The maximum absolute atomic E-state index is 13.3. The Bertz CT molecular complexity index is 1540. The van der Waals surface area contributed by atoms with Crippen molar-refractivity contribution in [2.45, 2.75) is 48.9 Å². The molecule has 0 N–H and O–H groups in total. The molecule has 0 aliphatic carbocycles. The van der Waals surface area contributed by atoms with Crippen molar-refractivity contribution in [3.05, 3.63) is 94.2 Å². The topological polar surface area (TPSA) is 77.6 Å². The van der Waals surface area contributed by atoms with E-state index in [9.17, 15) is 28.1 Å². The first-order valence-electron chi connectivity index (χ1n) is 11.9. The first-order chi connectivity index (χ1) is 18.2. The average Bonchev–Trinajstić information content (AvgIpc) is 3.18. The number of nitrogens with zero attached hydrogens (tertiary/aromatic N) is 3. The Morgan fingerprint density at radius 3 is 2.41 bits per heavy atom. The molecule has 0 unspecified atom stereocenters.